The fraction of sp³-hybridized carbons (Fsp3) is 0.0714. The van der Waals surface area contributed by atoms with Crippen molar-refractivity contribution in [2.75, 3.05) is 5.73 Å². The van der Waals surface area contributed by atoms with Crippen LogP contribution in [0, 0.1) is 11.3 Å². The predicted octanol–water partition coefficient (Wildman–Crippen LogP) is 4.60. The number of nitrogens with two attached hydrogens (primary N) is 1. The van der Waals surface area contributed by atoms with Crippen LogP contribution in [0.4, 0.5) is 18.9 Å². The van der Waals surface area contributed by atoms with Gasteiger partial charge in [-0.15, -0.1) is 0 Å². The summed E-state index contributed by atoms with van der Waals surface area (Å²) in [6.07, 6.45) is -4.52. The second-order valence-electron chi connectivity index (χ2n) is 4.11. The third-order valence-corrected chi connectivity index (χ3v) is 2.90. The van der Waals surface area contributed by atoms with Crippen molar-refractivity contribution in [1.29, 1.82) is 5.26 Å². The zero-order chi connectivity index (χ0) is 15.6. The molecule has 0 atom stereocenters. The summed E-state index contributed by atoms with van der Waals surface area (Å²) in [4.78, 5) is 0. The Hall–Kier alpha value is -2.39. The van der Waals surface area contributed by atoms with Crippen molar-refractivity contribution < 1.29 is 17.9 Å². The van der Waals surface area contributed by atoms with E-state index in [4.69, 9.17) is 27.3 Å². The number of anilines is 1. The summed E-state index contributed by atoms with van der Waals surface area (Å²) in [5, 5.41) is 9.14. The number of hydrogen-bond acceptors (Lipinski definition) is 3. The summed E-state index contributed by atoms with van der Waals surface area (Å²) in [7, 11) is 0. The molecular formula is C14H8ClF3N2O. The van der Waals surface area contributed by atoms with Crippen LogP contribution in [0.25, 0.3) is 0 Å². The molecule has 0 bridgehead atoms. The molecule has 0 aliphatic heterocycles. The highest BCUT2D eigenvalue weighted by Gasteiger charge is 2.31. The number of ether oxygens (including phenoxy) is 1. The molecule has 2 N–H and O–H groups in total. The molecule has 0 heterocycles. The molecule has 21 heavy (non-hydrogen) atoms. The maximum Gasteiger partial charge on any atom is 0.416 e. The van der Waals surface area contributed by atoms with Crippen LogP contribution in [-0.4, -0.2) is 0 Å². The molecule has 7 heteroatoms. The topological polar surface area (TPSA) is 59.0 Å². The Morgan fingerprint density at radius 3 is 2.33 bits per heavy atom. The first-order valence-corrected chi connectivity index (χ1v) is 6.03. The molecule has 0 aromatic heterocycles. The number of alkyl halides is 3. The van der Waals surface area contributed by atoms with Crippen LogP contribution in [0.1, 0.15) is 11.1 Å². The van der Waals surface area contributed by atoms with Crippen LogP contribution in [0.5, 0.6) is 11.5 Å². The molecule has 0 saturated heterocycles. The summed E-state index contributed by atoms with van der Waals surface area (Å²) in [5.74, 6) is 0.180. The van der Waals surface area contributed by atoms with E-state index in [1.54, 1.807) is 6.07 Å². The molecule has 0 saturated carbocycles. The van der Waals surface area contributed by atoms with Crippen molar-refractivity contribution in [3.8, 4) is 17.6 Å². The van der Waals surface area contributed by atoms with Crippen LogP contribution < -0.4 is 10.5 Å². The van der Waals surface area contributed by atoms with E-state index in [0.29, 0.717) is 5.69 Å². The predicted molar refractivity (Wildman–Crippen MR) is 72.1 cm³/mol. The van der Waals surface area contributed by atoms with Gasteiger partial charge in [0.25, 0.3) is 0 Å². The van der Waals surface area contributed by atoms with E-state index in [-0.39, 0.29) is 22.1 Å². The summed E-state index contributed by atoms with van der Waals surface area (Å²) in [6.45, 7) is 0. The molecule has 108 valence electrons. The molecule has 0 amide bonds. The van der Waals surface area contributed by atoms with Crippen LogP contribution >= 0.6 is 11.6 Å². The molecule has 2 aromatic carbocycles. The van der Waals surface area contributed by atoms with Gasteiger partial charge in [0, 0.05) is 5.69 Å². The lowest BCUT2D eigenvalue weighted by Crippen LogP contribution is -2.05. The van der Waals surface area contributed by atoms with Gasteiger partial charge in [0.05, 0.1) is 16.1 Å². The standard InChI is InChI=1S/C14H8ClF3N2O/c15-11-6-10(20)2-4-13(11)21-12-3-1-9(14(16,17)18)5-8(12)7-19/h1-6H,20H2. The third-order valence-electron chi connectivity index (χ3n) is 2.60. The number of rotatable bonds is 2. The lowest BCUT2D eigenvalue weighted by molar-refractivity contribution is -0.137. The van der Waals surface area contributed by atoms with Crippen LogP contribution in [0.3, 0.4) is 0 Å². The Morgan fingerprint density at radius 2 is 1.76 bits per heavy atom. The summed E-state index contributed by atoms with van der Waals surface area (Å²) in [5.41, 5.74) is 4.78. The molecule has 0 spiro atoms. The minimum Gasteiger partial charge on any atom is -0.454 e. The largest absolute Gasteiger partial charge is 0.454 e. The van der Waals surface area contributed by atoms with Gasteiger partial charge in [0.2, 0.25) is 0 Å². The molecule has 3 nitrogen and oxygen atoms in total. The van der Waals surface area contributed by atoms with Gasteiger partial charge < -0.3 is 10.5 Å². The van der Waals surface area contributed by atoms with E-state index in [1.165, 1.54) is 18.2 Å². The van der Waals surface area contributed by atoms with Gasteiger partial charge in [-0.3, -0.25) is 0 Å². The molecule has 0 unspecified atom stereocenters. The quantitative estimate of drug-likeness (QED) is 0.824. The highest BCUT2D eigenvalue weighted by Crippen LogP contribution is 2.36. The molecular weight excluding hydrogens is 305 g/mol. The van der Waals surface area contributed by atoms with E-state index < -0.39 is 11.7 Å². The lowest BCUT2D eigenvalue weighted by atomic mass is 10.1. The van der Waals surface area contributed by atoms with Gasteiger partial charge >= 0.3 is 6.18 Å². The van der Waals surface area contributed by atoms with Gasteiger partial charge in [0.15, 0.2) is 0 Å². The fourth-order valence-electron chi connectivity index (χ4n) is 1.60. The van der Waals surface area contributed by atoms with E-state index in [2.05, 4.69) is 0 Å². The van der Waals surface area contributed by atoms with E-state index in [9.17, 15) is 13.2 Å². The van der Waals surface area contributed by atoms with Gasteiger partial charge in [-0.2, -0.15) is 18.4 Å². The van der Waals surface area contributed by atoms with Crippen molar-refractivity contribution in [2.45, 2.75) is 6.18 Å². The first-order chi connectivity index (χ1) is 9.81. The zero-order valence-corrected chi connectivity index (χ0v) is 11.2. The first-order valence-electron chi connectivity index (χ1n) is 5.65. The number of nitrogens with zero attached hydrogens (tertiary/aromatic N) is 1. The maximum absolute atomic E-state index is 12.6. The van der Waals surface area contributed by atoms with E-state index in [0.717, 1.165) is 18.2 Å². The van der Waals surface area contributed by atoms with E-state index >= 15 is 0 Å². The molecule has 0 radical (unpaired) electrons. The van der Waals surface area contributed by atoms with Crippen LogP contribution in [0.15, 0.2) is 36.4 Å². The Kier molecular flexibility index (Phi) is 3.96. The number of hydrogen-bond donors (Lipinski definition) is 1. The average Bonchev–Trinajstić information content (AvgIpc) is 2.41. The minimum absolute atomic E-state index is 0.0165. The lowest BCUT2D eigenvalue weighted by Gasteiger charge is -2.12. The molecule has 0 aliphatic rings. The highest BCUT2D eigenvalue weighted by molar-refractivity contribution is 6.32. The van der Waals surface area contributed by atoms with Gasteiger partial charge in [0.1, 0.15) is 17.6 Å². The third kappa shape index (κ3) is 3.38. The smallest absolute Gasteiger partial charge is 0.416 e. The van der Waals surface area contributed by atoms with Crippen molar-refractivity contribution in [3.05, 3.63) is 52.5 Å². The van der Waals surface area contributed by atoms with Crippen LogP contribution in [0.2, 0.25) is 5.02 Å². The Balaban J connectivity index is 2.39. The number of halogens is 4. The SMILES string of the molecule is N#Cc1cc(C(F)(F)F)ccc1Oc1ccc(N)cc1Cl. The Labute approximate surface area is 123 Å². The maximum atomic E-state index is 12.6. The highest BCUT2D eigenvalue weighted by atomic mass is 35.5. The number of nitrogen functional groups attached to an aromatic ring is 1. The van der Waals surface area contributed by atoms with Gasteiger partial charge in [-0.25, -0.2) is 0 Å². The number of benzene rings is 2. The van der Waals surface area contributed by atoms with Crippen molar-refractivity contribution in [3.63, 3.8) is 0 Å². The van der Waals surface area contributed by atoms with Gasteiger partial charge in [-0.1, -0.05) is 11.6 Å². The van der Waals surface area contributed by atoms with Crippen molar-refractivity contribution in [2.24, 2.45) is 0 Å². The Bertz CT molecular complexity index is 723. The van der Waals surface area contributed by atoms with Crippen molar-refractivity contribution in [1.82, 2.24) is 0 Å². The minimum atomic E-state index is -4.52. The number of nitriles is 1. The second-order valence-corrected chi connectivity index (χ2v) is 4.52. The second kappa shape index (κ2) is 5.54. The molecule has 0 aliphatic carbocycles. The Morgan fingerprint density at radius 1 is 1.10 bits per heavy atom. The monoisotopic (exact) mass is 312 g/mol. The van der Waals surface area contributed by atoms with E-state index in [1.807, 2.05) is 0 Å². The molecule has 2 rings (SSSR count). The summed E-state index contributed by atoms with van der Waals surface area (Å²) >= 11 is 5.91. The average molecular weight is 313 g/mol. The van der Waals surface area contributed by atoms with Crippen molar-refractivity contribution >= 4 is 17.3 Å². The molecule has 2 aromatic rings. The first kappa shape index (κ1) is 15.0. The van der Waals surface area contributed by atoms with Crippen LogP contribution in [-0.2, 0) is 6.18 Å². The molecule has 0 fully saturated rings. The fourth-order valence-corrected chi connectivity index (χ4v) is 1.83. The summed E-state index contributed by atoms with van der Waals surface area (Å²) < 4.78 is 43.1. The normalized spacial score (nSPS) is 11.0. The summed E-state index contributed by atoms with van der Waals surface area (Å²) in [6, 6.07) is 8.73. The zero-order valence-electron chi connectivity index (χ0n) is 10.4. The van der Waals surface area contributed by atoms with Gasteiger partial charge in [-0.05, 0) is 36.4 Å².